The van der Waals surface area contributed by atoms with Crippen LogP contribution in [0.1, 0.15) is 37.2 Å². The average molecular weight is 401 g/mol. The van der Waals surface area contributed by atoms with Crippen LogP contribution in [0.25, 0.3) is 0 Å². The molecule has 2 saturated heterocycles. The molecule has 3 aliphatic rings. The van der Waals surface area contributed by atoms with Crippen molar-refractivity contribution < 1.29 is 23.5 Å². The standard InChI is InChI=1S/C21H27N3O5/c1-3-22-8-6-21(7-9-22)17(15(2)20(27)29-21)19(26)24-12-10-23(11-13-24)18(25)16-5-4-14-28-16/h4-5,14H,3,6-13H2,1-2H3. The summed E-state index contributed by atoms with van der Waals surface area (Å²) in [5, 5.41) is 0. The summed E-state index contributed by atoms with van der Waals surface area (Å²) in [6.45, 7) is 8.07. The van der Waals surface area contributed by atoms with Gasteiger partial charge < -0.3 is 23.9 Å². The number of hydrogen-bond donors (Lipinski definition) is 0. The van der Waals surface area contributed by atoms with Crippen LogP contribution in [0.15, 0.2) is 34.0 Å². The molecule has 156 valence electrons. The van der Waals surface area contributed by atoms with Crippen molar-refractivity contribution in [3.8, 4) is 0 Å². The maximum Gasteiger partial charge on any atom is 0.335 e. The number of rotatable bonds is 3. The number of nitrogens with zero attached hydrogens (tertiary/aromatic N) is 3. The molecule has 1 aromatic rings. The van der Waals surface area contributed by atoms with Crippen molar-refractivity contribution in [2.24, 2.45) is 0 Å². The molecule has 0 atom stereocenters. The van der Waals surface area contributed by atoms with Gasteiger partial charge in [0.2, 0.25) is 0 Å². The number of piperazine rings is 1. The third-order valence-corrected chi connectivity index (χ3v) is 6.34. The lowest BCUT2D eigenvalue weighted by atomic mass is 9.82. The van der Waals surface area contributed by atoms with E-state index in [0.717, 1.165) is 19.6 Å². The first-order valence-electron chi connectivity index (χ1n) is 10.2. The van der Waals surface area contributed by atoms with Crippen LogP contribution in [-0.4, -0.2) is 83.9 Å². The monoisotopic (exact) mass is 401 g/mol. The lowest BCUT2D eigenvalue weighted by molar-refractivity contribution is -0.151. The molecule has 29 heavy (non-hydrogen) atoms. The molecule has 8 nitrogen and oxygen atoms in total. The number of likely N-dealkylation sites (tertiary alicyclic amines) is 1. The van der Waals surface area contributed by atoms with Gasteiger partial charge in [-0.15, -0.1) is 0 Å². The molecule has 0 radical (unpaired) electrons. The zero-order valence-corrected chi connectivity index (χ0v) is 17.0. The number of ether oxygens (including phenoxy) is 1. The van der Waals surface area contributed by atoms with Crippen LogP contribution in [0.3, 0.4) is 0 Å². The number of amides is 2. The Hall–Kier alpha value is -2.61. The Morgan fingerprint density at radius 1 is 1.03 bits per heavy atom. The number of carbonyl (C=O) groups excluding carboxylic acids is 3. The first-order valence-corrected chi connectivity index (χ1v) is 10.2. The Bertz CT molecular complexity index is 829. The third-order valence-electron chi connectivity index (χ3n) is 6.34. The summed E-state index contributed by atoms with van der Waals surface area (Å²) < 4.78 is 10.9. The molecule has 4 rings (SSSR count). The molecule has 3 aliphatic heterocycles. The van der Waals surface area contributed by atoms with Crippen molar-refractivity contribution in [1.29, 1.82) is 0 Å². The van der Waals surface area contributed by atoms with Crippen molar-refractivity contribution >= 4 is 17.8 Å². The molecule has 1 aromatic heterocycles. The highest BCUT2D eigenvalue weighted by molar-refractivity contribution is 6.07. The van der Waals surface area contributed by atoms with Gasteiger partial charge in [-0.3, -0.25) is 9.59 Å². The van der Waals surface area contributed by atoms with Crippen LogP contribution in [0, 0.1) is 0 Å². The summed E-state index contributed by atoms with van der Waals surface area (Å²) >= 11 is 0. The van der Waals surface area contributed by atoms with E-state index in [0.29, 0.717) is 55.9 Å². The van der Waals surface area contributed by atoms with Crippen molar-refractivity contribution in [3.63, 3.8) is 0 Å². The van der Waals surface area contributed by atoms with Gasteiger partial charge in [-0.1, -0.05) is 6.92 Å². The van der Waals surface area contributed by atoms with E-state index in [9.17, 15) is 14.4 Å². The minimum atomic E-state index is -0.801. The van der Waals surface area contributed by atoms with E-state index in [1.165, 1.54) is 6.26 Å². The van der Waals surface area contributed by atoms with Gasteiger partial charge in [0.05, 0.1) is 11.8 Å². The Morgan fingerprint density at radius 3 is 2.21 bits per heavy atom. The zero-order valence-electron chi connectivity index (χ0n) is 17.0. The SMILES string of the molecule is CCN1CCC2(CC1)OC(=O)C(C)=C2C(=O)N1CCN(C(=O)c2ccco2)CC1. The maximum atomic E-state index is 13.4. The Kier molecular flexibility index (Phi) is 5.21. The van der Waals surface area contributed by atoms with Crippen LogP contribution < -0.4 is 0 Å². The molecule has 2 amide bonds. The fourth-order valence-corrected chi connectivity index (χ4v) is 4.51. The van der Waals surface area contributed by atoms with Gasteiger partial charge in [-0.05, 0) is 25.6 Å². The predicted octanol–water partition coefficient (Wildman–Crippen LogP) is 1.29. The third kappa shape index (κ3) is 3.46. The van der Waals surface area contributed by atoms with Crippen LogP contribution in [0.4, 0.5) is 0 Å². The van der Waals surface area contributed by atoms with Crippen LogP contribution in [0.5, 0.6) is 0 Å². The summed E-state index contributed by atoms with van der Waals surface area (Å²) in [6.07, 6.45) is 2.76. The summed E-state index contributed by atoms with van der Waals surface area (Å²) in [5.74, 6) is -0.381. The molecule has 8 heteroatoms. The van der Waals surface area contributed by atoms with Gasteiger partial charge in [0.25, 0.3) is 11.8 Å². The molecular weight excluding hydrogens is 374 g/mol. The normalized spacial score (nSPS) is 22.3. The molecule has 0 unspecified atom stereocenters. The van der Waals surface area contributed by atoms with Gasteiger partial charge in [0, 0.05) is 57.7 Å². The number of carbonyl (C=O) groups is 3. The van der Waals surface area contributed by atoms with E-state index >= 15 is 0 Å². The minimum Gasteiger partial charge on any atom is -0.459 e. The summed E-state index contributed by atoms with van der Waals surface area (Å²) in [4.78, 5) is 43.9. The topological polar surface area (TPSA) is 83.3 Å². The first-order chi connectivity index (χ1) is 13.9. The van der Waals surface area contributed by atoms with E-state index in [-0.39, 0.29) is 17.8 Å². The lowest BCUT2D eigenvalue weighted by Crippen LogP contribution is -2.54. The quantitative estimate of drug-likeness (QED) is 0.710. The molecule has 4 heterocycles. The fourth-order valence-electron chi connectivity index (χ4n) is 4.51. The second-order valence-corrected chi connectivity index (χ2v) is 7.88. The predicted molar refractivity (Wildman–Crippen MR) is 104 cm³/mol. The van der Waals surface area contributed by atoms with E-state index in [2.05, 4.69) is 11.8 Å². The smallest absolute Gasteiger partial charge is 0.335 e. The average Bonchev–Trinajstić information content (AvgIpc) is 3.35. The van der Waals surface area contributed by atoms with Gasteiger partial charge in [-0.2, -0.15) is 0 Å². The molecule has 2 fully saturated rings. The Morgan fingerprint density at radius 2 is 1.66 bits per heavy atom. The van der Waals surface area contributed by atoms with E-state index in [1.54, 1.807) is 28.9 Å². The number of hydrogen-bond acceptors (Lipinski definition) is 6. The molecular formula is C21H27N3O5. The molecule has 0 N–H and O–H groups in total. The molecule has 0 saturated carbocycles. The molecule has 1 spiro atoms. The highest BCUT2D eigenvalue weighted by Gasteiger charge is 2.51. The maximum absolute atomic E-state index is 13.4. The number of piperidine rings is 1. The second-order valence-electron chi connectivity index (χ2n) is 7.88. The molecule has 0 bridgehead atoms. The van der Waals surface area contributed by atoms with E-state index in [1.807, 2.05) is 0 Å². The van der Waals surface area contributed by atoms with Crippen molar-refractivity contribution in [2.45, 2.75) is 32.3 Å². The van der Waals surface area contributed by atoms with Crippen molar-refractivity contribution in [2.75, 3.05) is 45.8 Å². The molecule has 0 aromatic carbocycles. The highest BCUT2D eigenvalue weighted by atomic mass is 16.6. The lowest BCUT2D eigenvalue weighted by Gasteiger charge is -2.41. The summed E-state index contributed by atoms with van der Waals surface area (Å²) in [5.41, 5.74) is 0.142. The summed E-state index contributed by atoms with van der Waals surface area (Å²) in [7, 11) is 0. The first kappa shape index (κ1) is 19.7. The highest BCUT2D eigenvalue weighted by Crippen LogP contribution is 2.41. The summed E-state index contributed by atoms with van der Waals surface area (Å²) in [6, 6.07) is 3.32. The van der Waals surface area contributed by atoms with Gasteiger partial charge >= 0.3 is 5.97 Å². The van der Waals surface area contributed by atoms with Gasteiger partial charge in [-0.25, -0.2) is 4.79 Å². The van der Waals surface area contributed by atoms with E-state index < -0.39 is 5.60 Å². The van der Waals surface area contributed by atoms with E-state index in [4.69, 9.17) is 9.15 Å². The zero-order chi connectivity index (χ0) is 20.6. The molecule has 0 aliphatic carbocycles. The van der Waals surface area contributed by atoms with Crippen LogP contribution >= 0.6 is 0 Å². The number of furan rings is 1. The van der Waals surface area contributed by atoms with Crippen LogP contribution in [-0.2, 0) is 14.3 Å². The van der Waals surface area contributed by atoms with Gasteiger partial charge in [0.1, 0.15) is 5.60 Å². The van der Waals surface area contributed by atoms with Crippen molar-refractivity contribution in [1.82, 2.24) is 14.7 Å². The Balaban J connectivity index is 1.46. The second kappa shape index (κ2) is 7.67. The number of esters is 1. The van der Waals surface area contributed by atoms with Crippen molar-refractivity contribution in [3.05, 3.63) is 35.3 Å². The largest absolute Gasteiger partial charge is 0.459 e. The van der Waals surface area contributed by atoms with Crippen LogP contribution in [0.2, 0.25) is 0 Å². The Labute approximate surface area is 170 Å². The van der Waals surface area contributed by atoms with Gasteiger partial charge in [0.15, 0.2) is 5.76 Å². The fraction of sp³-hybridized carbons (Fsp3) is 0.571. The minimum absolute atomic E-state index is 0.136.